The monoisotopic (exact) mass is 299 g/mol. The van der Waals surface area contributed by atoms with E-state index in [0.29, 0.717) is 22.3 Å². The standard InChI is InChI=1S/C11H7BrClNO2/c12-7-3-1-4-8-9(7)10(15)11(16)14(8)6-2-5-13/h1-5H,6H2/b5-2+. The molecule has 1 aromatic rings. The van der Waals surface area contributed by atoms with E-state index >= 15 is 0 Å². The maximum atomic E-state index is 11.7. The highest BCUT2D eigenvalue weighted by molar-refractivity contribution is 9.10. The van der Waals surface area contributed by atoms with Crippen molar-refractivity contribution in [2.75, 3.05) is 11.4 Å². The van der Waals surface area contributed by atoms with Gasteiger partial charge in [0.05, 0.1) is 11.3 Å². The number of amides is 1. The van der Waals surface area contributed by atoms with E-state index in [-0.39, 0.29) is 0 Å². The molecule has 0 saturated carbocycles. The fraction of sp³-hybridized carbons (Fsp3) is 0.0909. The van der Waals surface area contributed by atoms with Crippen molar-refractivity contribution < 1.29 is 9.59 Å². The Morgan fingerprint density at radius 3 is 2.81 bits per heavy atom. The molecule has 0 bridgehead atoms. The maximum Gasteiger partial charge on any atom is 0.299 e. The van der Waals surface area contributed by atoms with Crippen molar-refractivity contribution >= 4 is 44.9 Å². The van der Waals surface area contributed by atoms with Gasteiger partial charge in [0.15, 0.2) is 0 Å². The molecule has 5 heteroatoms. The van der Waals surface area contributed by atoms with Gasteiger partial charge in [0.25, 0.3) is 11.7 Å². The first-order valence-corrected chi connectivity index (χ1v) is 5.79. The van der Waals surface area contributed by atoms with E-state index in [0.717, 1.165) is 0 Å². The van der Waals surface area contributed by atoms with E-state index < -0.39 is 11.7 Å². The SMILES string of the molecule is O=C1C(=O)N(C/C=C/Cl)c2cccc(Br)c21. The Balaban J connectivity index is 2.50. The minimum Gasteiger partial charge on any atom is -0.301 e. The maximum absolute atomic E-state index is 11.7. The van der Waals surface area contributed by atoms with Crippen LogP contribution in [0.25, 0.3) is 0 Å². The van der Waals surface area contributed by atoms with E-state index in [4.69, 9.17) is 11.6 Å². The second kappa shape index (κ2) is 4.39. The third-order valence-corrected chi connectivity index (χ3v) is 3.16. The van der Waals surface area contributed by atoms with E-state index in [1.54, 1.807) is 24.3 Å². The van der Waals surface area contributed by atoms with Crippen molar-refractivity contribution in [1.82, 2.24) is 0 Å². The molecule has 82 valence electrons. The molecule has 0 fully saturated rings. The van der Waals surface area contributed by atoms with Crippen molar-refractivity contribution in [3.63, 3.8) is 0 Å². The highest BCUT2D eigenvalue weighted by atomic mass is 79.9. The lowest BCUT2D eigenvalue weighted by atomic mass is 10.1. The molecule has 1 aliphatic rings. The third kappa shape index (κ3) is 1.68. The summed E-state index contributed by atoms with van der Waals surface area (Å²) in [7, 11) is 0. The molecule has 16 heavy (non-hydrogen) atoms. The summed E-state index contributed by atoms with van der Waals surface area (Å²) in [6.07, 6.45) is 1.61. The quantitative estimate of drug-likeness (QED) is 0.788. The lowest BCUT2D eigenvalue weighted by Gasteiger charge is -2.13. The molecule has 0 unspecified atom stereocenters. The number of carbonyl (C=O) groups is 2. The van der Waals surface area contributed by atoms with Crippen LogP contribution < -0.4 is 4.90 Å². The van der Waals surface area contributed by atoms with E-state index in [1.165, 1.54) is 10.4 Å². The average molecular weight is 301 g/mol. The van der Waals surface area contributed by atoms with Crippen LogP contribution in [-0.4, -0.2) is 18.2 Å². The Morgan fingerprint density at radius 1 is 1.38 bits per heavy atom. The number of hydrogen-bond acceptors (Lipinski definition) is 2. The summed E-state index contributed by atoms with van der Waals surface area (Å²) >= 11 is 8.68. The molecule has 3 nitrogen and oxygen atoms in total. The molecule has 1 aliphatic heterocycles. The van der Waals surface area contributed by atoms with Crippen molar-refractivity contribution in [2.24, 2.45) is 0 Å². The molecule has 1 heterocycles. The zero-order valence-corrected chi connectivity index (χ0v) is 10.5. The van der Waals surface area contributed by atoms with Crippen LogP contribution in [0.1, 0.15) is 10.4 Å². The van der Waals surface area contributed by atoms with Crippen molar-refractivity contribution in [1.29, 1.82) is 0 Å². The Morgan fingerprint density at radius 2 is 2.12 bits per heavy atom. The second-order valence-corrected chi connectivity index (χ2v) is 4.35. The summed E-state index contributed by atoms with van der Waals surface area (Å²) in [5.41, 5.74) is 2.38. The topological polar surface area (TPSA) is 37.4 Å². The van der Waals surface area contributed by atoms with Crippen molar-refractivity contribution in [2.45, 2.75) is 0 Å². The van der Waals surface area contributed by atoms with Gasteiger partial charge in [-0.25, -0.2) is 0 Å². The van der Waals surface area contributed by atoms with Gasteiger partial charge < -0.3 is 4.90 Å². The molecular weight excluding hydrogens is 293 g/mol. The van der Waals surface area contributed by atoms with Gasteiger partial charge in [-0.3, -0.25) is 9.59 Å². The van der Waals surface area contributed by atoms with Crippen LogP contribution in [0.2, 0.25) is 0 Å². The number of fused-ring (bicyclic) bond motifs is 1. The van der Waals surface area contributed by atoms with Crippen molar-refractivity contribution in [3.8, 4) is 0 Å². The smallest absolute Gasteiger partial charge is 0.299 e. The van der Waals surface area contributed by atoms with Crippen LogP contribution in [0.4, 0.5) is 5.69 Å². The molecule has 0 aromatic heterocycles. The lowest BCUT2D eigenvalue weighted by Crippen LogP contribution is -2.29. The minimum absolute atomic E-state index is 0.303. The summed E-state index contributed by atoms with van der Waals surface area (Å²) in [6, 6.07) is 5.27. The van der Waals surface area contributed by atoms with Crippen LogP contribution in [0.5, 0.6) is 0 Å². The predicted octanol–water partition coefficient (Wildman–Crippen LogP) is 2.73. The van der Waals surface area contributed by atoms with Gasteiger partial charge in [-0.1, -0.05) is 23.7 Å². The Bertz CT molecular complexity index is 499. The van der Waals surface area contributed by atoms with Gasteiger partial charge in [0, 0.05) is 16.6 Å². The molecule has 0 radical (unpaired) electrons. The predicted molar refractivity (Wildman–Crippen MR) is 65.8 cm³/mol. The molecule has 0 atom stereocenters. The summed E-state index contributed by atoms with van der Waals surface area (Å²) in [5.74, 6) is -0.998. The van der Waals surface area contributed by atoms with Crippen LogP contribution >= 0.6 is 27.5 Å². The molecule has 0 spiro atoms. The number of hydrogen-bond donors (Lipinski definition) is 0. The lowest BCUT2D eigenvalue weighted by molar-refractivity contribution is -0.114. The largest absolute Gasteiger partial charge is 0.301 e. The first-order chi connectivity index (χ1) is 7.66. The van der Waals surface area contributed by atoms with Crippen LogP contribution in [0.15, 0.2) is 34.3 Å². The second-order valence-electron chi connectivity index (χ2n) is 3.24. The minimum atomic E-state index is -0.517. The van der Waals surface area contributed by atoms with E-state index in [1.807, 2.05) is 0 Å². The van der Waals surface area contributed by atoms with Gasteiger partial charge in [0.1, 0.15) is 0 Å². The van der Waals surface area contributed by atoms with Gasteiger partial charge in [-0.05, 0) is 28.1 Å². The number of benzene rings is 1. The molecule has 0 aliphatic carbocycles. The molecule has 0 N–H and O–H groups in total. The number of anilines is 1. The Labute approximate surface area is 106 Å². The summed E-state index contributed by atoms with van der Waals surface area (Å²) < 4.78 is 0.640. The Hall–Kier alpha value is -1.13. The number of nitrogens with zero attached hydrogens (tertiary/aromatic N) is 1. The summed E-state index contributed by atoms with van der Waals surface area (Å²) in [5, 5.41) is 0. The first-order valence-electron chi connectivity index (χ1n) is 4.56. The molecule has 2 rings (SSSR count). The molecule has 0 saturated heterocycles. The third-order valence-electron chi connectivity index (χ3n) is 2.33. The average Bonchev–Trinajstić information content (AvgIpc) is 2.51. The van der Waals surface area contributed by atoms with Gasteiger partial charge >= 0.3 is 0 Å². The van der Waals surface area contributed by atoms with Gasteiger partial charge in [0.2, 0.25) is 0 Å². The number of ketones is 1. The van der Waals surface area contributed by atoms with Gasteiger partial charge in [-0.2, -0.15) is 0 Å². The van der Waals surface area contributed by atoms with Gasteiger partial charge in [-0.15, -0.1) is 0 Å². The van der Waals surface area contributed by atoms with E-state index in [2.05, 4.69) is 15.9 Å². The van der Waals surface area contributed by atoms with Crippen LogP contribution in [0.3, 0.4) is 0 Å². The van der Waals surface area contributed by atoms with Crippen LogP contribution in [-0.2, 0) is 4.79 Å². The first kappa shape index (κ1) is 11.4. The number of halogens is 2. The molecule has 1 aromatic carbocycles. The number of Topliss-reactive ketones (excluding diaryl/α,β-unsaturated/α-hetero) is 1. The highest BCUT2D eigenvalue weighted by Gasteiger charge is 2.36. The zero-order valence-electron chi connectivity index (χ0n) is 8.11. The number of carbonyl (C=O) groups excluding carboxylic acids is 2. The summed E-state index contributed by atoms with van der Waals surface area (Å²) in [4.78, 5) is 24.8. The normalized spacial score (nSPS) is 15.0. The highest BCUT2D eigenvalue weighted by Crippen LogP contribution is 2.33. The summed E-state index contributed by atoms with van der Waals surface area (Å²) in [6.45, 7) is 0.303. The van der Waals surface area contributed by atoms with Crippen LogP contribution in [0, 0.1) is 0 Å². The number of rotatable bonds is 2. The fourth-order valence-electron chi connectivity index (χ4n) is 1.63. The van der Waals surface area contributed by atoms with E-state index in [9.17, 15) is 9.59 Å². The Kier molecular flexibility index (Phi) is 3.12. The molecular formula is C11H7BrClNO2. The fourth-order valence-corrected chi connectivity index (χ4v) is 2.24. The zero-order chi connectivity index (χ0) is 11.7. The molecule has 1 amide bonds. The van der Waals surface area contributed by atoms with Crippen molar-refractivity contribution in [3.05, 3.63) is 39.8 Å².